The molecule has 0 fully saturated rings. The van der Waals surface area contributed by atoms with E-state index in [1.807, 2.05) is 32.0 Å². The number of halogens is 1. The third-order valence-corrected chi connectivity index (χ3v) is 5.45. The maximum absolute atomic E-state index is 13.1. The van der Waals surface area contributed by atoms with E-state index in [1.165, 1.54) is 12.3 Å². The van der Waals surface area contributed by atoms with Gasteiger partial charge in [0, 0.05) is 28.2 Å². The highest BCUT2D eigenvalue weighted by molar-refractivity contribution is 6.31. The first-order valence-electron chi connectivity index (χ1n) is 10.4. The predicted molar refractivity (Wildman–Crippen MR) is 130 cm³/mol. The zero-order valence-corrected chi connectivity index (χ0v) is 19.2. The molecule has 0 atom stereocenters. The molecule has 2 aromatic carbocycles. The van der Waals surface area contributed by atoms with E-state index in [4.69, 9.17) is 11.6 Å². The first-order valence-corrected chi connectivity index (χ1v) is 10.8. The third kappa shape index (κ3) is 4.86. The molecule has 6 nitrogen and oxygen atoms in total. The van der Waals surface area contributed by atoms with Crippen molar-refractivity contribution in [1.82, 2.24) is 9.55 Å². The van der Waals surface area contributed by atoms with E-state index in [9.17, 15) is 14.4 Å². The van der Waals surface area contributed by atoms with Crippen molar-refractivity contribution in [3.63, 3.8) is 0 Å². The van der Waals surface area contributed by atoms with Gasteiger partial charge in [0.05, 0.1) is 10.9 Å². The van der Waals surface area contributed by atoms with Crippen molar-refractivity contribution in [3.8, 4) is 0 Å². The van der Waals surface area contributed by atoms with Crippen molar-refractivity contribution >= 4 is 40.0 Å². The van der Waals surface area contributed by atoms with Crippen molar-refractivity contribution in [2.24, 2.45) is 0 Å². The lowest BCUT2D eigenvalue weighted by atomic mass is 10.0. The number of carbonyl (C=O) groups excluding carboxylic acids is 2. The van der Waals surface area contributed by atoms with Gasteiger partial charge in [0.25, 0.3) is 0 Å². The minimum atomic E-state index is -0.464. The van der Waals surface area contributed by atoms with Crippen LogP contribution in [0.1, 0.15) is 32.7 Å². The van der Waals surface area contributed by atoms with Crippen molar-refractivity contribution in [2.45, 2.75) is 27.3 Å². The summed E-state index contributed by atoms with van der Waals surface area (Å²) in [6.45, 7) is 5.60. The van der Waals surface area contributed by atoms with Gasteiger partial charge in [-0.2, -0.15) is 0 Å². The van der Waals surface area contributed by atoms with Crippen LogP contribution in [0.4, 0.5) is 5.69 Å². The van der Waals surface area contributed by atoms with E-state index < -0.39 is 11.2 Å². The third-order valence-electron chi connectivity index (χ3n) is 5.21. The van der Waals surface area contributed by atoms with Crippen LogP contribution in [0.2, 0.25) is 5.02 Å². The van der Waals surface area contributed by atoms with Gasteiger partial charge in [-0.25, -0.2) is 4.98 Å². The Morgan fingerprint density at radius 3 is 2.42 bits per heavy atom. The van der Waals surface area contributed by atoms with E-state index >= 15 is 0 Å². The number of pyridine rings is 2. The molecular weight excluding hydrogens is 438 g/mol. The first kappa shape index (κ1) is 22.4. The SMILES string of the molecule is Cc1cc(C)cc(NC(=O)Cn2cc(C(=O)c3cccc(Cl)c3)c(=O)c3ccc(C)nc32)c1. The molecule has 0 radical (unpaired) electrons. The van der Waals surface area contributed by atoms with Gasteiger partial charge < -0.3 is 9.88 Å². The topological polar surface area (TPSA) is 81.1 Å². The van der Waals surface area contributed by atoms with Crippen LogP contribution in [0.15, 0.2) is 65.6 Å². The Labute approximate surface area is 195 Å². The van der Waals surface area contributed by atoms with Gasteiger partial charge >= 0.3 is 0 Å². The Morgan fingerprint density at radius 2 is 1.73 bits per heavy atom. The number of amides is 1. The second-order valence-electron chi connectivity index (χ2n) is 8.09. The molecule has 1 N–H and O–H groups in total. The van der Waals surface area contributed by atoms with Crippen LogP contribution < -0.4 is 10.7 Å². The number of anilines is 1. The molecule has 33 heavy (non-hydrogen) atoms. The fraction of sp³-hybridized carbons (Fsp3) is 0.154. The molecular formula is C26H22ClN3O3. The van der Waals surface area contributed by atoms with Crippen LogP contribution in [-0.2, 0) is 11.3 Å². The van der Waals surface area contributed by atoms with Crippen LogP contribution in [0.5, 0.6) is 0 Å². The average Bonchev–Trinajstić information content (AvgIpc) is 2.74. The second-order valence-corrected chi connectivity index (χ2v) is 8.52. The van der Waals surface area contributed by atoms with Gasteiger partial charge in [-0.3, -0.25) is 14.4 Å². The molecule has 166 valence electrons. The van der Waals surface area contributed by atoms with Gasteiger partial charge in [-0.15, -0.1) is 0 Å². The standard InChI is InChI=1S/C26H22ClN3O3/c1-15-9-16(2)11-20(10-15)29-23(31)14-30-13-22(24(32)18-5-4-6-19(27)12-18)25(33)21-8-7-17(3)28-26(21)30/h4-13H,14H2,1-3H3,(H,29,31). The van der Waals surface area contributed by atoms with Crippen LogP contribution >= 0.6 is 11.6 Å². The number of carbonyl (C=O) groups is 2. The van der Waals surface area contributed by atoms with Crippen LogP contribution in [0.25, 0.3) is 11.0 Å². The van der Waals surface area contributed by atoms with E-state index in [-0.39, 0.29) is 23.4 Å². The fourth-order valence-corrected chi connectivity index (χ4v) is 4.02. The molecule has 0 saturated heterocycles. The molecule has 0 unspecified atom stereocenters. The number of hydrogen-bond acceptors (Lipinski definition) is 4. The number of nitrogens with zero attached hydrogens (tertiary/aromatic N) is 2. The average molecular weight is 460 g/mol. The van der Waals surface area contributed by atoms with E-state index in [2.05, 4.69) is 10.3 Å². The zero-order valence-electron chi connectivity index (χ0n) is 18.5. The summed E-state index contributed by atoms with van der Waals surface area (Å²) in [6.07, 6.45) is 1.40. The van der Waals surface area contributed by atoms with Crippen molar-refractivity contribution in [1.29, 1.82) is 0 Å². The molecule has 7 heteroatoms. The van der Waals surface area contributed by atoms with Crippen LogP contribution in [-0.4, -0.2) is 21.2 Å². The van der Waals surface area contributed by atoms with Gasteiger partial charge in [-0.05, 0) is 68.3 Å². The maximum Gasteiger partial charge on any atom is 0.244 e. The minimum Gasteiger partial charge on any atom is -0.325 e. The molecule has 1 amide bonds. The molecule has 4 aromatic rings. The minimum absolute atomic E-state index is 0.0466. The summed E-state index contributed by atoms with van der Waals surface area (Å²) in [5.41, 5.74) is 3.60. The van der Waals surface area contributed by atoms with Gasteiger partial charge in [0.1, 0.15) is 12.2 Å². The number of rotatable bonds is 5. The summed E-state index contributed by atoms with van der Waals surface area (Å²) in [7, 11) is 0. The lowest BCUT2D eigenvalue weighted by molar-refractivity contribution is -0.116. The molecule has 0 aliphatic rings. The number of fused-ring (bicyclic) bond motifs is 1. The summed E-state index contributed by atoms with van der Waals surface area (Å²) in [6, 6.07) is 15.5. The quantitative estimate of drug-likeness (QED) is 0.433. The monoisotopic (exact) mass is 459 g/mol. The summed E-state index contributed by atoms with van der Waals surface area (Å²) in [4.78, 5) is 43.6. The molecule has 0 aliphatic heterocycles. The molecule has 0 aliphatic carbocycles. The van der Waals surface area contributed by atoms with Crippen LogP contribution in [0, 0.1) is 20.8 Å². The van der Waals surface area contributed by atoms with Crippen molar-refractivity contribution < 1.29 is 9.59 Å². The highest BCUT2D eigenvalue weighted by Gasteiger charge is 2.19. The van der Waals surface area contributed by atoms with E-state index in [1.54, 1.807) is 41.8 Å². The molecule has 0 saturated carbocycles. The summed E-state index contributed by atoms with van der Waals surface area (Å²) >= 11 is 6.03. The van der Waals surface area contributed by atoms with Gasteiger partial charge in [-0.1, -0.05) is 29.8 Å². The van der Waals surface area contributed by atoms with Gasteiger partial charge in [0.15, 0.2) is 5.78 Å². The van der Waals surface area contributed by atoms with Gasteiger partial charge in [0.2, 0.25) is 11.3 Å². The second kappa shape index (κ2) is 9.00. The number of hydrogen-bond donors (Lipinski definition) is 1. The normalized spacial score (nSPS) is 10.9. The number of ketones is 1. The predicted octanol–water partition coefficient (Wildman–Crippen LogP) is 4.84. The Balaban J connectivity index is 1.77. The Morgan fingerprint density at radius 1 is 1.00 bits per heavy atom. The smallest absolute Gasteiger partial charge is 0.244 e. The number of nitrogens with one attached hydrogen (secondary N) is 1. The lowest BCUT2D eigenvalue weighted by Crippen LogP contribution is -2.25. The first-order chi connectivity index (χ1) is 15.7. The molecule has 4 rings (SSSR count). The highest BCUT2D eigenvalue weighted by atomic mass is 35.5. The maximum atomic E-state index is 13.1. The van der Waals surface area contributed by atoms with E-state index in [0.29, 0.717) is 27.6 Å². The fourth-order valence-electron chi connectivity index (χ4n) is 3.83. The Hall–Kier alpha value is -3.77. The summed E-state index contributed by atoms with van der Waals surface area (Å²) < 4.78 is 1.54. The van der Waals surface area contributed by atoms with Crippen LogP contribution in [0.3, 0.4) is 0 Å². The largest absolute Gasteiger partial charge is 0.325 e. The number of aryl methyl sites for hydroxylation is 3. The molecule has 0 bridgehead atoms. The van der Waals surface area contributed by atoms with E-state index in [0.717, 1.165) is 11.1 Å². The highest BCUT2D eigenvalue weighted by Crippen LogP contribution is 2.18. The molecule has 2 heterocycles. The Bertz CT molecular complexity index is 1450. The number of benzene rings is 2. The summed E-state index contributed by atoms with van der Waals surface area (Å²) in [5.74, 6) is -0.761. The van der Waals surface area contributed by atoms with Crippen molar-refractivity contribution in [2.75, 3.05) is 5.32 Å². The Kier molecular flexibility index (Phi) is 6.11. The zero-order chi connectivity index (χ0) is 23.7. The van der Waals surface area contributed by atoms with Crippen molar-refractivity contribution in [3.05, 3.63) is 104 Å². The molecule has 2 aromatic heterocycles. The summed E-state index contributed by atoms with van der Waals surface area (Å²) in [5, 5.41) is 3.55. The number of aromatic nitrogens is 2. The molecule has 0 spiro atoms. The lowest BCUT2D eigenvalue weighted by Gasteiger charge is -2.14.